The van der Waals surface area contributed by atoms with Gasteiger partial charge in [0.15, 0.2) is 5.82 Å². The number of carboxylic acid groups (broad SMARTS) is 1. The van der Waals surface area contributed by atoms with Gasteiger partial charge in [0.1, 0.15) is 0 Å². The van der Waals surface area contributed by atoms with Gasteiger partial charge in [-0.1, -0.05) is 30.3 Å². The van der Waals surface area contributed by atoms with Crippen molar-refractivity contribution >= 4 is 17.8 Å². The van der Waals surface area contributed by atoms with Crippen molar-refractivity contribution in [2.45, 2.75) is 12.8 Å². The third-order valence-corrected chi connectivity index (χ3v) is 2.35. The molecule has 0 saturated carbocycles. The summed E-state index contributed by atoms with van der Waals surface area (Å²) >= 11 is 0. The lowest BCUT2D eigenvalue weighted by Gasteiger charge is -1.97. The zero-order valence-corrected chi connectivity index (χ0v) is 9.96. The van der Waals surface area contributed by atoms with E-state index in [1.165, 1.54) is 0 Å². The van der Waals surface area contributed by atoms with Crippen molar-refractivity contribution in [2.24, 2.45) is 0 Å². The molecule has 7 nitrogen and oxygen atoms in total. The molecule has 2 rings (SSSR count). The van der Waals surface area contributed by atoms with Crippen LogP contribution >= 0.6 is 0 Å². The van der Waals surface area contributed by atoms with Crippen LogP contribution in [0, 0.1) is 0 Å². The molecule has 7 heteroatoms. The van der Waals surface area contributed by atoms with E-state index < -0.39 is 11.9 Å². The van der Waals surface area contributed by atoms with E-state index in [1.807, 2.05) is 30.3 Å². The van der Waals surface area contributed by atoms with Crippen molar-refractivity contribution < 1.29 is 14.7 Å². The Balaban J connectivity index is 1.98. The Morgan fingerprint density at radius 3 is 2.63 bits per heavy atom. The first-order valence-electron chi connectivity index (χ1n) is 5.64. The Bertz CT molecular complexity index is 580. The van der Waals surface area contributed by atoms with E-state index in [0.717, 1.165) is 5.56 Å². The van der Waals surface area contributed by atoms with Gasteiger partial charge in [-0.2, -0.15) is 4.98 Å². The number of nitrogens with one attached hydrogen (secondary N) is 2. The lowest BCUT2D eigenvalue weighted by molar-refractivity contribution is -0.138. The van der Waals surface area contributed by atoms with E-state index in [0.29, 0.717) is 5.82 Å². The first-order chi connectivity index (χ1) is 9.15. The maximum Gasteiger partial charge on any atom is 0.303 e. The lowest BCUT2D eigenvalue weighted by Crippen LogP contribution is -2.14. The van der Waals surface area contributed by atoms with Gasteiger partial charge in [0.05, 0.1) is 6.42 Å². The number of hydrogen-bond acceptors (Lipinski definition) is 4. The van der Waals surface area contributed by atoms with Crippen molar-refractivity contribution in [3.63, 3.8) is 0 Å². The topological polar surface area (TPSA) is 108 Å². The van der Waals surface area contributed by atoms with Gasteiger partial charge in [0.25, 0.3) is 0 Å². The standard InChI is InChI=1S/C12H12N4O3/c17-9(6-7-10(18)19)13-12-14-11(15-16-12)8-4-2-1-3-5-8/h1-5H,6-7H2,(H,18,19)(H2,13,14,15,16,17). The summed E-state index contributed by atoms with van der Waals surface area (Å²) in [5, 5.41) is 17.4. The number of aromatic nitrogens is 3. The van der Waals surface area contributed by atoms with Crippen molar-refractivity contribution in [3.05, 3.63) is 30.3 Å². The van der Waals surface area contributed by atoms with Crippen LogP contribution in [-0.2, 0) is 9.59 Å². The molecule has 0 aliphatic heterocycles. The Kier molecular flexibility index (Phi) is 3.87. The molecule has 0 fully saturated rings. The fraction of sp³-hybridized carbons (Fsp3) is 0.167. The van der Waals surface area contributed by atoms with Crippen LogP contribution in [0.4, 0.5) is 5.95 Å². The number of benzene rings is 1. The minimum atomic E-state index is -1.02. The largest absolute Gasteiger partial charge is 0.481 e. The molecule has 1 aromatic heterocycles. The summed E-state index contributed by atoms with van der Waals surface area (Å²) in [6.45, 7) is 0. The minimum absolute atomic E-state index is 0.107. The van der Waals surface area contributed by atoms with Gasteiger partial charge in [0, 0.05) is 12.0 Å². The molecule has 1 amide bonds. The maximum atomic E-state index is 11.4. The number of anilines is 1. The molecular weight excluding hydrogens is 248 g/mol. The van der Waals surface area contributed by atoms with E-state index in [4.69, 9.17) is 5.11 Å². The normalized spacial score (nSPS) is 10.1. The average Bonchev–Trinajstić information content (AvgIpc) is 2.86. The molecule has 1 heterocycles. The van der Waals surface area contributed by atoms with Gasteiger partial charge in [-0.3, -0.25) is 20.0 Å². The summed E-state index contributed by atoms with van der Waals surface area (Å²) in [6, 6.07) is 9.33. The van der Waals surface area contributed by atoms with Crippen LogP contribution in [0.15, 0.2) is 30.3 Å². The molecule has 0 saturated heterocycles. The predicted molar refractivity (Wildman–Crippen MR) is 67.3 cm³/mol. The highest BCUT2D eigenvalue weighted by atomic mass is 16.4. The zero-order valence-electron chi connectivity index (χ0n) is 9.96. The second-order valence-electron chi connectivity index (χ2n) is 3.82. The van der Waals surface area contributed by atoms with Crippen LogP contribution in [0.25, 0.3) is 11.4 Å². The summed E-state index contributed by atoms with van der Waals surface area (Å²) in [5.74, 6) is -0.778. The average molecular weight is 260 g/mol. The Labute approximate surface area is 108 Å². The molecule has 0 aliphatic carbocycles. The van der Waals surface area contributed by atoms with E-state index in [1.54, 1.807) is 0 Å². The van der Waals surface area contributed by atoms with Gasteiger partial charge in [-0.15, -0.1) is 5.10 Å². The smallest absolute Gasteiger partial charge is 0.303 e. The lowest BCUT2D eigenvalue weighted by atomic mass is 10.2. The number of aliphatic carboxylic acids is 1. The molecular formula is C12H12N4O3. The fourth-order valence-electron chi connectivity index (χ4n) is 1.45. The predicted octanol–water partition coefficient (Wildman–Crippen LogP) is 1.28. The van der Waals surface area contributed by atoms with Crippen LogP contribution in [-0.4, -0.2) is 32.2 Å². The van der Waals surface area contributed by atoms with Gasteiger partial charge in [0.2, 0.25) is 11.9 Å². The van der Waals surface area contributed by atoms with Crippen LogP contribution in [0.3, 0.4) is 0 Å². The van der Waals surface area contributed by atoms with Crippen LogP contribution < -0.4 is 5.32 Å². The van der Waals surface area contributed by atoms with E-state index in [-0.39, 0.29) is 18.8 Å². The van der Waals surface area contributed by atoms with Crippen molar-refractivity contribution in [2.75, 3.05) is 5.32 Å². The molecule has 3 N–H and O–H groups in total. The number of H-pyrrole nitrogens is 1. The number of nitrogens with zero attached hydrogens (tertiary/aromatic N) is 2. The number of rotatable bonds is 5. The SMILES string of the molecule is O=C(O)CCC(=O)Nc1n[nH]c(-c2ccccc2)n1. The van der Waals surface area contributed by atoms with E-state index >= 15 is 0 Å². The van der Waals surface area contributed by atoms with Crippen LogP contribution in [0.1, 0.15) is 12.8 Å². The zero-order chi connectivity index (χ0) is 13.7. The van der Waals surface area contributed by atoms with Crippen LogP contribution in [0.2, 0.25) is 0 Å². The van der Waals surface area contributed by atoms with Gasteiger partial charge in [-0.05, 0) is 0 Å². The third kappa shape index (κ3) is 3.63. The fourth-order valence-corrected chi connectivity index (χ4v) is 1.45. The summed E-state index contributed by atoms with van der Waals surface area (Å²) in [4.78, 5) is 25.8. The van der Waals surface area contributed by atoms with Crippen molar-refractivity contribution in [1.29, 1.82) is 0 Å². The number of amides is 1. The van der Waals surface area contributed by atoms with Crippen molar-refractivity contribution in [1.82, 2.24) is 15.2 Å². The molecule has 19 heavy (non-hydrogen) atoms. The minimum Gasteiger partial charge on any atom is -0.481 e. The number of hydrogen-bond donors (Lipinski definition) is 3. The highest BCUT2D eigenvalue weighted by molar-refractivity contribution is 5.91. The number of carbonyl (C=O) groups excluding carboxylic acids is 1. The van der Waals surface area contributed by atoms with Gasteiger partial charge < -0.3 is 5.11 Å². The van der Waals surface area contributed by atoms with Gasteiger partial charge >= 0.3 is 5.97 Å². The molecule has 0 aliphatic rings. The van der Waals surface area contributed by atoms with Gasteiger partial charge in [-0.25, -0.2) is 0 Å². The number of aromatic amines is 1. The molecule has 98 valence electrons. The molecule has 1 aromatic carbocycles. The summed E-state index contributed by atoms with van der Waals surface area (Å²) in [6.07, 6.45) is -0.327. The first-order valence-corrected chi connectivity index (χ1v) is 5.64. The summed E-state index contributed by atoms with van der Waals surface area (Å²) in [5.41, 5.74) is 0.848. The second-order valence-corrected chi connectivity index (χ2v) is 3.82. The Morgan fingerprint density at radius 1 is 1.21 bits per heavy atom. The third-order valence-electron chi connectivity index (χ3n) is 2.35. The highest BCUT2D eigenvalue weighted by Crippen LogP contribution is 2.14. The first kappa shape index (κ1) is 12.7. The monoisotopic (exact) mass is 260 g/mol. The summed E-state index contributed by atoms with van der Waals surface area (Å²) in [7, 11) is 0. The second kappa shape index (κ2) is 5.76. The Hall–Kier alpha value is -2.70. The highest BCUT2D eigenvalue weighted by Gasteiger charge is 2.10. The molecule has 2 aromatic rings. The molecule has 0 atom stereocenters. The molecule has 0 bridgehead atoms. The Morgan fingerprint density at radius 2 is 1.95 bits per heavy atom. The van der Waals surface area contributed by atoms with Crippen molar-refractivity contribution in [3.8, 4) is 11.4 Å². The summed E-state index contributed by atoms with van der Waals surface area (Å²) < 4.78 is 0. The van der Waals surface area contributed by atoms with E-state index in [9.17, 15) is 9.59 Å². The number of carboxylic acids is 1. The van der Waals surface area contributed by atoms with E-state index in [2.05, 4.69) is 20.5 Å². The number of carbonyl (C=O) groups is 2. The molecule has 0 radical (unpaired) electrons. The molecule has 0 spiro atoms. The van der Waals surface area contributed by atoms with Crippen LogP contribution in [0.5, 0.6) is 0 Å². The molecule has 0 unspecified atom stereocenters. The quantitative estimate of drug-likeness (QED) is 0.750. The maximum absolute atomic E-state index is 11.4.